The molecule has 118 valence electrons. The zero-order valence-corrected chi connectivity index (χ0v) is 12.2. The lowest BCUT2D eigenvalue weighted by Crippen LogP contribution is -2.68. The molecule has 21 heavy (non-hydrogen) atoms. The largest absolute Gasteiger partial charge is 0.393 e. The lowest BCUT2D eigenvalue weighted by molar-refractivity contribution is -0.280. The summed E-state index contributed by atoms with van der Waals surface area (Å²) in [5.74, 6) is -1.33. The van der Waals surface area contributed by atoms with Gasteiger partial charge >= 0.3 is 0 Å². The minimum atomic E-state index is -1.41. The molecule has 1 amide bonds. The molecule has 2 aliphatic rings. The van der Waals surface area contributed by atoms with Gasteiger partial charge in [0.15, 0.2) is 12.1 Å². The number of nitrogens with zero attached hydrogens (tertiary/aromatic N) is 1. The van der Waals surface area contributed by atoms with E-state index in [1.54, 1.807) is 13.8 Å². The van der Waals surface area contributed by atoms with Crippen LogP contribution in [0.5, 0.6) is 0 Å². The number of carbonyl (C=O) groups excluding carboxylic acids is 1. The zero-order valence-electron chi connectivity index (χ0n) is 12.2. The van der Waals surface area contributed by atoms with Crippen molar-refractivity contribution in [1.82, 2.24) is 5.32 Å². The third-order valence-electron chi connectivity index (χ3n) is 3.68. The molecule has 2 saturated heterocycles. The summed E-state index contributed by atoms with van der Waals surface area (Å²) in [6.45, 7) is 4.16. The predicted octanol–water partition coefficient (Wildman–Crippen LogP) is -0.995. The Balaban J connectivity index is 2.36. The molecule has 2 aliphatic heterocycles. The van der Waals surface area contributed by atoms with Gasteiger partial charge in [0, 0.05) is 6.92 Å². The fraction of sp³-hybridized carbons (Fsp3) is 0.846. The molecule has 3 N–H and O–H groups in total. The highest BCUT2D eigenvalue weighted by Crippen LogP contribution is 2.43. The van der Waals surface area contributed by atoms with Crippen LogP contribution in [-0.2, 0) is 19.0 Å². The number of hydrogen-bond donors (Lipinski definition) is 3. The summed E-state index contributed by atoms with van der Waals surface area (Å²) >= 11 is 0. The standard InChI is InChI=1S/C13H20N2O6/c1-7(17)15-8-9-10(20-12(2,3)19-9)13(6-16,4-5-14)21-11(8)18/h8-11,16,18H,4,6H2,1-3H3,(H,15,17)/t8-,9-,10-,11?,13-/m1/s1. The molecular formula is C13H20N2O6. The average Bonchev–Trinajstić information content (AvgIpc) is 2.70. The number of fused-ring (bicyclic) bond motifs is 1. The number of nitriles is 1. The molecule has 2 fully saturated rings. The smallest absolute Gasteiger partial charge is 0.217 e. The van der Waals surface area contributed by atoms with Gasteiger partial charge in [0.1, 0.15) is 23.9 Å². The first kappa shape index (κ1) is 16.1. The van der Waals surface area contributed by atoms with Crippen LogP contribution >= 0.6 is 0 Å². The molecule has 0 aliphatic carbocycles. The fourth-order valence-corrected chi connectivity index (χ4v) is 2.85. The highest BCUT2D eigenvalue weighted by Gasteiger charge is 2.61. The topological polar surface area (TPSA) is 121 Å². The quantitative estimate of drug-likeness (QED) is 0.611. The third kappa shape index (κ3) is 2.88. The minimum absolute atomic E-state index is 0.173. The van der Waals surface area contributed by atoms with Gasteiger partial charge in [0.05, 0.1) is 19.1 Å². The van der Waals surface area contributed by atoms with Crippen LogP contribution in [0.25, 0.3) is 0 Å². The number of nitrogens with one attached hydrogen (secondary N) is 1. The Hall–Kier alpha value is -1.24. The number of ether oxygens (including phenoxy) is 3. The Morgan fingerprint density at radius 2 is 2.05 bits per heavy atom. The SMILES string of the molecule is CC(=O)N[C@H]1C(O)O[C@@](CO)(CC#N)[C@@H]2OC(C)(C)O[C@@H]21. The molecular weight excluding hydrogens is 280 g/mol. The minimum Gasteiger partial charge on any atom is -0.393 e. The first-order chi connectivity index (χ1) is 9.74. The van der Waals surface area contributed by atoms with Gasteiger partial charge in [-0.3, -0.25) is 4.79 Å². The zero-order chi connectivity index (χ0) is 15.8. The van der Waals surface area contributed by atoms with Crippen molar-refractivity contribution in [3.8, 4) is 6.07 Å². The number of amides is 1. The Morgan fingerprint density at radius 3 is 2.57 bits per heavy atom. The maximum atomic E-state index is 11.3. The molecule has 2 heterocycles. The Bertz CT molecular complexity index is 462. The fourth-order valence-electron chi connectivity index (χ4n) is 2.85. The van der Waals surface area contributed by atoms with E-state index in [4.69, 9.17) is 19.5 Å². The first-order valence-electron chi connectivity index (χ1n) is 6.71. The summed E-state index contributed by atoms with van der Waals surface area (Å²) in [6.07, 6.45) is -3.09. The molecule has 0 aromatic heterocycles. The Kier molecular flexibility index (Phi) is 4.24. The monoisotopic (exact) mass is 300 g/mol. The number of aliphatic hydroxyl groups excluding tert-OH is 2. The second kappa shape index (κ2) is 5.51. The second-order valence-electron chi connectivity index (χ2n) is 5.81. The van der Waals surface area contributed by atoms with E-state index >= 15 is 0 Å². The van der Waals surface area contributed by atoms with Crippen LogP contribution in [0.1, 0.15) is 27.2 Å². The van der Waals surface area contributed by atoms with Gasteiger partial charge in [-0.15, -0.1) is 0 Å². The van der Waals surface area contributed by atoms with Gasteiger partial charge in [0.2, 0.25) is 5.91 Å². The molecule has 0 aromatic carbocycles. The summed E-state index contributed by atoms with van der Waals surface area (Å²) in [7, 11) is 0. The van der Waals surface area contributed by atoms with Crippen molar-refractivity contribution in [1.29, 1.82) is 5.26 Å². The van der Waals surface area contributed by atoms with Crippen LogP contribution in [0.3, 0.4) is 0 Å². The van der Waals surface area contributed by atoms with Gasteiger partial charge in [-0.1, -0.05) is 0 Å². The molecule has 0 aromatic rings. The van der Waals surface area contributed by atoms with Crippen LogP contribution in [0, 0.1) is 11.3 Å². The van der Waals surface area contributed by atoms with Crippen molar-refractivity contribution >= 4 is 5.91 Å². The number of aliphatic hydroxyl groups is 2. The number of hydrogen-bond acceptors (Lipinski definition) is 7. The lowest BCUT2D eigenvalue weighted by atomic mass is 9.84. The van der Waals surface area contributed by atoms with Crippen molar-refractivity contribution in [2.75, 3.05) is 6.61 Å². The lowest BCUT2D eigenvalue weighted by Gasteiger charge is -2.46. The molecule has 0 radical (unpaired) electrons. The van der Waals surface area contributed by atoms with Crippen LogP contribution in [0.2, 0.25) is 0 Å². The van der Waals surface area contributed by atoms with Crippen LogP contribution in [0.4, 0.5) is 0 Å². The van der Waals surface area contributed by atoms with Gasteiger partial charge < -0.3 is 29.7 Å². The molecule has 0 bridgehead atoms. The molecule has 8 nitrogen and oxygen atoms in total. The summed E-state index contributed by atoms with van der Waals surface area (Å²) < 4.78 is 16.9. The van der Waals surface area contributed by atoms with Crippen molar-refractivity contribution in [2.45, 2.75) is 63.1 Å². The molecule has 0 saturated carbocycles. The Morgan fingerprint density at radius 1 is 1.38 bits per heavy atom. The van der Waals surface area contributed by atoms with Gasteiger partial charge in [0.25, 0.3) is 0 Å². The van der Waals surface area contributed by atoms with E-state index in [9.17, 15) is 15.0 Å². The highest BCUT2D eigenvalue weighted by molar-refractivity contribution is 5.73. The van der Waals surface area contributed by atoms with Gasteiger partial charge in [-0.2, -0.15) is 5.26 Å². The van der Waals surface area contributed by atoms with Crippen molar-refractivity contribution < 1.29 is 29.2 Å². The first-order valence-corrected chi connectivity index (χ1v) is 6.71. The maximum Gasteiger partial charge on any atom is 0.217 e. The van der Waals surface area contributed by atoms with E-state index in [0.717, 1.165) is 0 Å². The Labute approximate surface area is 122 Å². The van der Waals surface area contributed by atoms with Crippen molar-refractivity contribution in [3.63, 3.8) is 0 Å². The van der Waals surface area contributed by atoms with E-state index in [1.807, 2.05) is 6.07 Å². The van der Waals surface area contributed by atoms with Crippen molar-refractivity contribution in [2.24, 2.45) is 0 Å². The van der Waals surface area contributed by atoms with E-state index in [-0.39, 0.29) is 12.3 Å². The molecule has 0 spiro atoms. The van der Waals surface area contributed by atoms with Gasteiger partial charge in [-0.25, -0.2) is 0 Å². The van der Waals surface area contributed by atoms with E-state index in [2.05, 4.69) is 5.32 Å². The second-order valence-corrected chi connectivity index (χ2v) is 5.81. The summed E-state index contributed by atoms with van der Waals surface area (Å²) in [5, 5.41) is 31.3. The summed E-state index contributed by atoms with van der Waals surface area (Å²) in [4.78, 5) is 11.3. The van der Waals surface area contributed by atoms with E-state index in [1.165, 1.54) is 6.92 Å². The molecule has 5 atom stereocenters. The van der Waals surface area contributed by atoms with E-state index in [0.29, 0.717) is 0 Å². The summed E-state index contributed by atoms with van der Waals surface area (Å²) in [6, 6.07) is 1.09. The predicted molar refractivity (Wildman–Crippen MR) is 68.6 cm³/mol. The van der Waals surface area contributed by atoms with Crippen molar-refractivity contribution in [3.05, 3.63) is 0 Å². The van der Waals surface area contributed by atoms with Gasteiger partial charge in [-0.05, 0) is 13.8 Å². The number of carbonyl (C=O) groups is 1. The average molecular weight is 300 g/mol. The number of rotatable bonds is 3. The highest BCUT2D eigenvalue weighted by atomic mass is 16.8. The normalized spacial score (nSPS) is 41.1. The molecule has 8 heteroatoms. The molecule has 2 rings (SSSR count). The van der Waals surface area contributed by atoms with Crippen LogP contribution in [0.15, 0.2) is 0 Å². The molecule has 1 unspecified atom stereocenters. The van der Waals surface area contributed by atoms with E-state index < -0.39 is 42.5 Å². The van der Waals surface area contributed by atoms with Crippen LogP contribution in [-0.4, -0.2) is 58.7 Å². The van der Waals surface area contributed by atoms with Crippen LogP contribution < -0.4 is 5.32 Å². The maximum absolute atomic E-state index is 11.3. The summed E-state index contributed by atoms with van der Waals surface area (Å²) in [5.41, 5.74) is -1.39. The third-order valence-corrected chi connectivity index (χ3v) is 3.68.